The number of imidazole rings is 1. The summed E-state index contributed by atoms with van der Waals surface area (Å²) in [4.78, 5) is 29.9. The van der Waals surface area contributed by atoms with Crippen molar-refractivity contribution >= 4 is 27.8 Å². The Balaban J connectivity index is 1.70. The molecule has 154 valence electrons. The number of hydrogen-bond donors (Lipinski definition) is 2. The number of benzene rings is 2. The second kappa shape index (κ2) is 7.36. The lowest BCUT2D eigenvalue weighted by Crippen LogP contribution is -2.26. The molecule has 0 saturated heterocycles. The number of pyridine rings is 1. The van der Waals surface area contributed by atoms with Crippen LogP contribution >= 0.6 is 0 Å². The summed E-state index contributed by atoms with van der Waals surface area (Å²) in [7, 11) is 0. The normalized spacial score (nSPS) is 12.4. The van der Waals surface area contributed by atoms with E-state index < -0.39 is 0 Å². The van der Waals surface area contributed by atoms with Crippen LogP contribution in [0.2, 0.25) is 0 Å². The predicted molar refractivity (Wildman–Crippen MR) is 123 cm³/mol. The van der Waals surface area contributed by atoms with Gasteiger partial charge in [-0.1, -0.05) is 36.4 Å². The number of nitrogens with one attached hydrogen (secondary N) is 2. The molecule has 3 heterocycles. The van der Waals surface area contributed by atoms with Crippen molar-refractivity contribution in [2.24, 2.45) is 0 Å². The van der Waals surface area contributed by atoms with Gasteiger partial charge in [-0.2, -0.15) is 0 Å². The Morgan fingerprint density at radius 2 is 1.84 bits per heavy atom. The molecule has 0 fully saturated rings. The molecule has 3 aromatic heterocycles. The molecule has 7 nitrogen and oxygen atoms in total. The molecule has 0 radical (unpaired) electrons. The summed E-state index contributed by atoms with van der Waals surface area (Å²) in [5, 5.41) is 5.09. The van der Waals surface area contributed by atoms with E-state index in [2.05, 4.69) is 31.3 Å². The van der Waals surface area contributed by atoms with E-state index in [4.69, 9.17) is 0 Å². The smallest absolute Gasteiger partial charge is 0.263 e. The lowest BCUT2D eigenvalue weighted by molar-refractivity contribution is 0.774. The average Bonchev–Trinajstić information content (AvgIpc) is 3.15. The molecule has 5 rings (SSSR count). The number of rotatable bonds is 4. The molecule has 31 heavy (non-hydrogen) atoms. The van der Waals surface area contributed by atoms with Gasteiger partial charge in [0.1, 0.15) is 12.2 Å². The zero-order chi connectivity index (χ0) is 21.5. The monoisotopic (exact) mass is 410 g/mol. The van der Waals surface area contributed by atoms with Crippen LogP contribution in [-0.2, 0) is 0 Å². The molecule has 2 N–H and O–H groups in total. The number of nitrogens with zero attached hydrogens (tertiary/aromatic N) is 4. The summed E-state index contributed by atoms with van der Waals surface area (Å²) in [5.41, 5.74) is 3.95. The SMILES string of the molecule is Cc1nc2c(N[C@@H](C)c3cc4cccc(C)c4c(=O)n3-c3ccccc3)ncnc2[nH]1. The third-order valence-electron chi connectivity index (χ3n) is 5.50. The maximum Gasteiger partial charge on any atom is 0.263 e. The van der Waals surface area contributed by atoms with E-state index in [1.807, 2.05) is 69.3 Å². The second-order valence-electron chi connectivity index (χ2n) is 7.69. The minimum atomic E-state index is -0.215. The number of aromatic nitrogens is 5. The molecule has 0 unspecified atom stereocenters. The average molecular weight is 410 g/mol. The van der Waals surface area contributed by atoms with Gasteiger partial charge in [0, 0.05) is 11.4 Å². The lowest BCUT2D eigenvalue weighted by Gasteiger charge is -2.21. The van der Waals surface area contributed by atoms with Gasteiger partial charge in [0.15, 0.2) is 17.0 Å². The molecule has 0 saturated carbocycles. The van der Waals surface area contributed by atoms with Gasteiger partial charge in [-0.3, -0.25) is 9.36 Å². The zero-order valence-electron chi connectivity index (χ0n) is 17.5. The molecule has 7 heteroatoms. The van der Waals surface area contributed by atoms with E-state index >= 15 is 0 Å². The van der Waals surface area contributed by atoms with Gasteiger partial charge in [-0.15, -0.1) is 0 Å². The Kier molecular flexibility index (Phi) is 4.51. The van der Waals surface area contributed by atoms with E-state index in [-0.39, 0.29) is 11.6 Å². The van der Waals surface area contributed by atoms with Crippen molar-refractivity contribution in [3.8, 4) is 5.69 Å². The molecule has 0 aliphatic rings. The van der Waals surface area contributed by atoms with E-state index in [1.54, 1.807) is 4.57 Å². The van der Waals surface area contributed by atoms with Crippen LogP contribution in [0.15, 0.2) is 65.7 Å². The van der Waals surface area contributed by atoms with Crippen molar-refractivity contribution in [1.82, 2.24) is 24.5 Å². The van der Waals surface area contributed by atoms with Crippen LogP contribution in [-0.4, -0.2) is 24.5 Å². The highest BCUT2D eigenvalue weighted by atomic mass is 16.1. The summed E-state index contributed by atoms with van der Waals surface area (Å²) in [5.74, 6) is 1.40. The van der Waals surface area contributed by atoms with Crippen LogP contribution in [0, 0.1) is 13.8 Å². The molecule has 2 aromatic carbocycles. The number of aryl methyl sites for hydroxylation is 2. The van der Waals surface area contributed by atoms with Gasteiger partial charge >= 0.3 is 0 Å². The van der Waals surface area contributed by atoms with Gasteiger partial charge in [0.2, 0.25) is 0 Å². The Bertz CT molecular complexity index is 1470. The third kappa shape index (κ3) is 3.24. The molecule has 5 aromatic rings. The summed E-state index contributed by atoms with van der Waals surface area (Å²) in [6.45, 7) is 5.87. The number of H-pyrrole nitrogens is 1. The van der Waals surface area contributed by atoms with Crippen LogP contribution in [0.3, 0.4) is 0 Å². The van der Waals surface area contributed by atoms with Gasteiger partial charge in [-0.25, -0.2) is 15.0 Å². The minimum Gasteiger partial charge on any atom is -0.360 e. The Hall–Kier alpha value is -4.00. The maximum absolute atomic E-state index is 13.6. The van der Waals surface area contributed by atoms with Crippen LogP contribution in [0.5, 0.6) is 0 Å². The van der Waals surface area contributed by atoms with Gasteiger partial charge in [0.25, 0.3) is 5.56 Å². The van der Waals surface area contributed by atoms with Crippen molar-refractivity contribution in [2.45, 2.75) is 26.8 Å². The van der Waals surface area contributed by atoms with E-state index in [9.17, 15) is 4.79 Å². The fourth-order valence-corrected chi connectivity index (χ4v) is 4.05. The molecule has 0 amide bonds. The maximum atomic E-state index is 13.6. The summed E-state index contributed by atoms with van der Waals surface area (Å²) in [6, 6.07) is 17.5. The molecular formula is C24H22N6O. The van der Waals surface area contributed by atoms with E-state index in [0.717, 1.165) is 33.5 Å². The highest BCUT2D eigenvalue weighted by Gasteiger charge is 2.19. The fraction of sp³-hybridized carbons (Fsp3) is 0.167. The topological polar surface area (TPSA) is 88.5 Å². The Labute approximate surface area is 178 Å². The first-order valence-electron chi connectivity index (χ1n) is 10.2. The van der Waals surface area contributed by atoms with Crippen molar-refractivity contribution in [2.75, 3.05) is 5.32 Å². The standard InChI is InChI=1S/C24H22N6O/c1-14-8-7-9-17-12-19(30(24(31)20(14)17)18-10-5-4-6-11-18)15(2)27-22-21-23(26-13-25-22)29-16(3)28-21/h4-13,15H,1-3H3,(H2,25,26,27,28,29)/t15-/m0/s1. The number of hydrogen-bond acceptors (Lipinski definition) is 5. The predicted octanol–water partition coefficient (Wildman–Crippen LogP) is 4.45. The van der Waals surface area contributed by atoms with Crippen LogP contribution < -0.4 is 10.9 Å². The van der Waals surface area contributed by atoms with Gasteiger partial charge in [-0.05, 0) is 49.9 Å². The second-order valence-corrected chi connectivity index (χ2v) is 7.69. The van der Waals surface area contributed by atoms with Gasteiger partial charge in [0.05, 0.1) is 11.4 Å². The molecule has 0 aliphatic carbocycles. The molecular weight excluding hydrogens is 388 g/mol. The highest BCUT2D eigenvalue weighted by Crippen LogP contribution is 2.26. The fourth-order valence-electron chi connectivity index (χ4n) is 4.05. The number of aromatic amines is 1. The molecule has 0 bridgehead atoms. The van der Waals surface area contributed by atoms with Crippen LogP contribution in [0.4, 0.5) is 5.82 Å². The Morgan fingerprint density at radius 1 is 1.03 bits per heavy atom. The number of fused-ring (bicyclic) bond motifs is 2. The summed E-state index contributed by atoms with van der Waals surface area (Å²) >= 11 is 0. The first-order chi connectivity index (χ1) is 15.0. The first kappa shape index (κ1) is 19.0. The van der Waals surface area contributed by atoms with Crippen molar-refractivity contribution in [3.63, 3.8) is 0 Å². The van der Waals surface area contributed by atoms with Crippen molar-refractivity contribution in [3.05, 3.63) is 88.4 Å². The van der Waals surface area contributed by atoms with Crippen LogP contribution in [0.25, 0.3) is 27.6 Å². The van der Waals surface area contributed by atoms with Crippen LogP contribution in [0.1, 0.15) is 30.0 Å². The molecule has 1 atom stereocenters. The number of anilines is 1. The van der Waals surface area contributed by atoms with E-state index in [1.165, 1.54) is 6.33 Å². The largest absolute Gasteiger partial charge is 0.360 e. The zero-order valence-corrected chi connectivity index (χ0v) is 17.5. The van der Waals surface area contributed by atoms with E-state index in [0.29, 0.717) is 17.0 Å². The van der Waals surface area contributed by atoms with Crippen molar-refractivity contribution in [1.29, 1.82) is 0 Å². The van der Waals surface area contributed by atoms with Crippen molar-refractivity contribution < 1.29 is 0 Å². The van der Waals surface area contributed by atoms with Gasteiger partial charge < -0.3 is 10.3 Å². The first-order valence-corrected chi connectivity index (χ1v) is 10.2. The highest BCUT2D eigenvalue weighted by molar-refractivity contribution is 5.86. The quantitative estimate of drug-likeness (QED) is 0.457. The molecule has 0 aliphatic heterocycles. The molecule has 0 spiro atoms. The summed E-state index contributed by atoms with van der Waals surface area (Å²) < 4.78 is 1.78. The summed E-state index contributed by atoms with van der Waals surface area (Å²) in [6.07, 6.45) is 1.50. The third-order valence-corrected chi connectivity index (χ3v) is 5.50. The minimum absolute atomic E-state index is 0.0334. The number of para-hydroxylation sites is 1. The lowest BCUT2D eigenvalue weighted by atomic mass is 10.0. The Morgan fingerprint density at radius 3 is 2.65 bits per heavy atom.